The molecular formula is C22H21F3N2O6. The second-order valence-corrected chi connectivity index (χ2v) is 7.38. The van der Waals surface area contributed by atoms with Crippen LogP contribution in [0.3, 0.4) is 0 Å². The van der Waals surface area contributed by atoms with Gasteiger partial charge in [0.2, 0.25) is 6.04 Å². The van der Waals surface area contributed by atoms with Gasteiger partial charge in [-0.2, -0.15) is 13.2 Å². The van der Waals surface area contributed by atoms with Gasteiger partial charge in [-0.15, -0.1) is 0 Å². The first-order valence-corrected chi connectivity index (χ1v) is 9.96. The van der Waals surface area contributed by atoms with Crippen molar-refractivity contribution in [1.29, 1.82) is 0 Å². The molecule has 3 rings (SSSR count). The smallest absolute Gasteiger partial charge is 0.417 e. The van der Waals surface area contributed by atoms with Gasteiger partial charge in [0.15, 0.2) is 6.10 Å². The molecular weight excluding hydrogens is 445 g/mol. The van der Waals surface area contributed by atoms with E-state index in [9.17, 15) is 27.6 Å². The van der Waals surface area contributed by atoms with Crippen molar-refractivity contribution in [2.24, 2.45) is 0 Å². The van der Waals surface area contributed by atoms with E-state index in [2.05, 4.69) is 0 Å². The normalized spacial score (nSPS) is 14.5. The van der Waals surface area contributed by atoms with Gasteiger partial charge in [0, 0.05) is 18.9 Å². The number of hydrogen-bond acceptors (Lipinski definition) is 5. The largest absolute Gasteiger partial charge is 0.479 e. The number of nitrogens with one attached hydrogen (secondary N) is 2. The average molecular weight is 466 g/mol. The molecule has 0 fully saturated rings. The molecule has 2 atom stereocenters. The summed E-state index contributed by atoms with van der Waals surface area (Å²) in [5.41, 5.74) is 3.62. The van der Waals surface area contributed by atoms with Crippen molar-refractivity contribution < 1.29 is 42.5 Å². The average Bonchev–Trinajstić information content (AvgIpc) is 3.08. The highest BCUT2D eigenvalue weighted by Crippen LogP contribution is 2.44. The van der Waals surface area contributed by atoms with Crippen LogP contribution < -0.4 is 10.6 Å². The first-order valence-electron chi connectivity index (χ1n) is 9.96. The predicted molar refractivity (Wildman–Crippen MR) is 109 cm³/mol. The van der Waals surface area contributed by atoms with E-state index in [0.29, 0.717) is 0 Å². The zero-order chi connectivity index (χ0) is 24.2. The zero-order valence-electron chi connectivity index (χ0n) is 17.1. The van der Waals surface area contributed by atoms with E-state index in [1.807, 2.05) is 53.8 Å². The number of aliphatic carboxylic acids is 1. The number of aliphatic hydroxyl groups excluding tert-OH is 1. The third-order valence-electron chi connectivity index (χ3n) is 5.20. The van der Waals surface area contributed by atoms with Crippen molar-refractivity contribution in [3.63, 3.8) is 0 Å². The Hall–Kier alpha value is -3.60. The fourth-order valence-corrected chi connectivity index (χ4v) is 3.61. The Labute approximate surface area is 186 Å². The minimum atomic E-state index is -5.12. The number of halogens is 3. The first kappa shape index (κ1) is 24.1. The number of alkyl carbamates (subject to hydrolysis) is 1. The molecule has 0 radical (unpaired) electrons. The topological polar surface area (TPSA) is 125 Å². The Morgan fingerprint density at radius 2 is 1.55 bits per heavy atom. The summed E-state index contributed by atoms with van der Waals surface area (Å²) in [7, 11) is 0. The third kappa shape index (κ3) is 5.61. The minimum Gasteiger partial charge on any atom is -0.479 e. The molecule has 0 bridgehead atoms. The van der Waals surface area contributed by atoms with Crippen molar-refractivity contribution in [2.45, 2.75) is 30.7 Å². The Morgan fingerprint density at radius 3 is 2.06 bits per heavy atom. The highest BCUT2D eigenvalue weighted by atomic mass is 19.4. The van der Waals surface area contributed by atoms with Gasteiger partial charge < -0.3 is 25.6 Å². The second kappa shape index (κ2) is 9.90. The summed E-state index contributed by atoms with van der Waals surface area (Å²) in [5, 5.41) is 21.1. The maximum absolute atomic E-state index is 13.3. The molecule has 1 aliphatic carbocycles. The number of carboxylic acids is 1. The maximum atomic E-state index is 13.3. The van der Waals surface area contributed by atoms with Crippen LogP contribution in [0.2, 0.25) is 0 Å². The molecule has 0 saturated carbocycles. The molecule has 11 heteroatoms. The van der Waals surface area contributed by atoms with Gasteiger partial charge in [0.25, 0.3) is 5.91 Å². The molecule has 33 heavy (non-hydrogen) atoms. The van der Waals surface area contributed by atoms with Gasteiger partial charge in [-0.1, -0.05) is 48.5 Å². The van der Waals surface area contributed by atoms with Crippen LogP contribution in [0.15, 0.2) is 48.5 Å². The number of rotatable bonds is 8. The summed E-state index contributed by atoms with van der Waals surface area (Å²) in [6, 6.07) is 11.9. The quantitative estimate of drug-likeness (QED) is 0.474. The lowest BCUT2D eigenvalue weighted by Crippen LogP contribution is -2.55. The molecule has 176 valence electrons. The van der Waals surface area contributed by atoms with Crippen LogP contribution in [0, 0.1) is 0 Å². The molecule has 1 unspecified atom stereocenters. The summed E-state index contributed by atoms with van der Waals surface area (Å²) in [6.07, 6.45) is -8.90. The minimum absolute atomic E-state index is 0.239. The monoisotopic (exact) mass is 466 g/mol. The summed E-state index contributed by atoms with van der Waals surface area (Å²) in [4.78, 5) is 34.6. The van der Waals surface area contributed by atoms with Crippen LogP contribution >= 0.6 is 0 Å². The molecule has 0 saturated heterocycles. The number of ether oxygens (including phenoxy) is 1. The summed E-state index contributed by atoms with van der Waals surface area (Å²) < 4.78 is 45.0. The van der Waals surface area contributed by atoms with E-state index in [-0.39, 0.29) is 12.5 Å². The van der Waals surface area contributed by atoms with Gasteiger partial charge in [0.1, 0.15) is 6.61 Å². The van der Waals surface area contributed by atoms with Crippen LogP contribution in [-0.4, -0.2) is 59.7 Å². The summed E-state index contributed by atoms with van der Waals surface area (Å²) >= 11 is 0. The van der Waals surface area contributed by atoms with Gasteiger partial charge >= 0.3 is 18.2 Å². The fraction of sp³-hybridized carbons (Fsp3) is 0.318. The van der Waals surface area contributed by atoms with E-state index in [4.69, 9.17) is 14.9 Å². The Kier molecular flexibility index (Phi) is 7.22. The van der Waals surface area contributed by atoms with E-state index in [1.165, 1.54) is 5.32 Å². The second-order valence-electron chi connectivity index (χ2n) is 7.38. The Bertz CT molecular complexity index is 997. The standard InChI is InChI=1S/C22H21F3N2O6/c23-22(24,25)18(19(29)26-10-9-17(28)20(30)31)27-21(32)33-11-16-14-7-3-1-5-12(14)13-6-2-4-8-15(13)16/h1-8,16-18,28H,9-11H2,(H,26,29)(H,27,32)(H,30,31)/t17-,18?/m0/s1. The van der Waals surface area contributed by atoms with E-state index in [0.717, 1.165) is 22.3 Å². The number of fused-ring (bicyclic) bond motifs is 3. The van der Waals surface area contributed by atoms with Crippen LogP contribution in [0.5, 0.6) is 0 Å². The molecule has 0 spiro atoms. The maximum Gasteiger partial charge on any atom is 0.417 e. The highest BCUT2D eigenvalue weighted by molar-refractivity contribution is 5.86. The number of carbonyl (C=O) groups is 3. The van der Waals surface area contributed by atoms with Crippen molar-refractivity contribution >= 4 is 18.0 Å². The van der Waals surface area contributed by atoms with E-state index >= 15 is 0 Å². The molecule has 8 nitrogen and oxygen atoms in total. The molecule has 0 aromatic heterocycles. The van der Waals surface area contributed by atoms with Crippen LogP contribution in [0.4, 0.5) is 18.0 Å². The van der Waals surface area contributed by atoms with Crippen molar-refractivity contribution in [2.75, 3.05) is 13.2 Å². The van der Waals surface area contributed by atoms with Crippen molar-refractivity contribution in [3.8, 4) is 11.1 Å². The lowest BCUT2D eigenvalue weighted by Gasteiger charge is -2.21. The molecule has 4 N–H and O–H groups in total. The number of aliphatic hydroxyl groups is 1. The zero-order valence-corrected chi connectivity index (χ0v) is 17.1. The number of benzene rings is 2. The number of hydrogen-bond donors (Lipinski definition) is 4. The molecule has 2 amide bonds. The first-order chi connectivity index (χ1) is 15.6. The third-order valence-corrected chi connectivity index (χ3v) is 5.20. The van der Waals surface area contributed by atoms with Crippen molar-refractivity contribution in [3.05, 3.63) is 59.7 Å². The van der Waals surface area contributed by atoms with E-state index < -0.39 is 49.3 Å². The summed E-state index contributed by atoms with van der Waals surface area (Å²) in [5.74, 6) is -3.55. The molecule has 1 aliphatic rings. The number of carboxylic acid groups (broad SMARTS) is 1. The Balaban J connectivity index is 1.62. The van der Waals surface area contributed by atoms with Gasteiger partial charge in [-0.05, 0) is 22.3 Å². The highest BCUT2D eigenvalue weighted by Gasteiger charge is 2.46. The molecule has 2 aromatic rings. The lowest BCUT2D eigenvalue weighted by atomic mass is 9.98. The molecule has 0 aliphatic heterocycles. The van der Waals surface area contributed by atoms with E-state index in [1.54, 1.807) is 0 Å². The number of carbonyl (C=O) groups excluding carboxylic acids is 2. The van der Waals surface area contributed by atoms with Gasteiger partial charge in [-0.3, -0.25) is 4.79 Å². The molecule has 0 heterocycles. The van der Waals surface area contributed by atoms with Crippen LogP contribution in [-0.2, 0) is 14.3 Å². The SMILES string of the molecule is O=C(NC(C(=O)NCC[C@H](O)C(=O)O)C(F)(F)F)OCC1c2ccccc2-c2ccccc21. The van der Waals surface area contributed by atoms with Crippen LogP contribution in [0.25, 0.3) is 11.1 Å². The van der Waals surface area contributed by atoms with Gasteiger partial charge in [0.05, 0.1) is 0 Å². The van der Waals surface area contributed by atoms with Crippen molar-refractivity contribution in [1.82, 2.24) is 10.6 Å². The Morgan fingerprint density at radius 1 is 1.00 bits per heavy atom. The predicted octanol–water partition coefficient (Wildman–Crippen LogP) is 2.41. The fourth-order valence-electron chi connectivity index (χ4n) is 3.61. The number of amides is 2. The summed E-state index contributed by atoms with van der Waals surface area (Å²) in [6.45, 7) is -0.776. The van der Waals surface area contributed by atoms with Crippen LogP contribution in [0.1, 0.15) is 23.5 Å². The lowest BCUT2D eigenvalue weighted by molar-refractivity contribution is -0.167. The molecule has 2 aromatic carbocycles. The van der Waals surface area contributed by atoms with Gasteiger partial charge in [-0.25, -0.2) is 9.59 Å². The number of alkyl halides is 3.